The van der Waals surface area contributed by atoms with Gasteiger partial charge in [0.25, 0.3) is 0 Å². The minimum absolute atomic E-state index is 0.298. The van der Waals surface area contributed by atoms with Crippen LogP contribution < -0.4 is 0 Å². The van der Waals surface area contributed by atoms with Crippen LogP contribution in [0.2, 0.25) is 0 Å². The Bertz CT molecular complexity index is 856. The zero-order chi connectivity index (χ0) is 17.9. The number of aromatic amines is 1. The summed E-state index contributed by atoms with van der Waals surface area (Å²) in [6.07, 6.45) is 6.47. The molecule has 3 aromatic heterocycles. The molecule has 0 saturated heterocycles. The van der Waals surface area contributed by atoms with Crippen LogP contribution in [-0.4, -0.2) is 42.3 Å². The fraction of sp³-hybridized carbons (Fsp3) is 0.421. The standard InChI is InChI=1S/C19H24N6O/c1-14-6-16(23-22-14)9-25-10-18-19(24(2)13-21-18)7-17(25)12-26-11-15-4-3-5-20-8-15/h3-6,8,13,17H,7,9-12H2,1-2H3,(H,22,23)/t17-/m0/s1. The van der Waals surface area contributed by atoms with Crippen LogP contribution >= 0.6 is 0 Å². The summed E-state index contributed by atoms with van der Waals surface area (Å²) in [5, 5.41) is 7.42. The van der Waals surface area contributed by atoms with E-state index in [2.05, 4.69) is 42.7 Å². The lowest BCUT2D eigenvalue weighted by molar-refractivity contribution is 0.0354. The van der Waals surface area contributed by atoms with Gasteiger partial charge in [-0.25, -0.2) is 4.98 Å². The number of aryl methyl sites for hydroxylation is 2. The molecule has 1 N–H and O–H groups in total. The molecule has 7 nitrogen and oxygen atoms in total. The number of nitrogens with zero attached hydrogens (tertiary/aromatic N) is 5. The topological polar surface area (TPSA) is 71.9 Å². The van der Waals surface area contributed by atoms with Gasteiger partial charge in [-0.1, -0.05) is 6.07 Å². The lowest BCUT2D eigenvalue weighted by Crippen LogP contribution is -2.43. The molecule has 0 spiro atoms. The lowest BCUT2D eigenvalue weighted by Gasteiger charge is -2.34. The number of rotatable bonds is 6. The Labute approximate surface area is 153 Å². The zero-order valence-electron chi connectivity index (χ0n) is 15.2. The number of pyridine rings is 1. The average molecular weight is 352 g/mol. The van der Waals surface area contributed by atoms with Crippen molar-refractivity contribution in [2.75, 3.05) is 6.61 Å². The number of imidazole rings is 1. The van der Waals surface area contributed by atoms with Gasteiger partial charge in [0.15, 0.2) is 0 Å². The van der Waals surface area contributed by atoms with Crippen LogP contribution in [0.15, 0.2) is 36.9 Å². The molecule has 0 fully saturated rings. The molecular weight excluding hydrogens is 328 g/mol. The summed E-state index contributed by atoms with van der Waals surface area (Å²) >= 11 is 0. The maximum Gasteiger partial charge on any atom is 0.0949 e. The van der Waals surface area contributed by atoms with Crippen LogP contribution in [0.3, 0.4) is 0 Å². The summed E-state index contributed by atoms with van der Waals surface area (Å²) in [6, 6.07) is 6.37. The van der Waals surface area contributed by atoms with Gasteiger partial charge in [-0.2, -0.15) is 5.10 Å². The van der Waals surface area contributed by atoms with Crippen molar-refractivity contribution in [1.29, 1.82) is 0 Å². The summed E-state index contributed by atoms with van der Waals surface area (Å²) in [5.74, 6) is 0. The molecule has 0 saturated carbocycles. The van der Waals surface area contributed by atoms with Crippen molar-refractivity contribution in [2.24, 2.45) is 7.05 Å². The second-order valence-electron chi connectivity index (χ2n) is 6.93. The van der Waals surface area contributed by atoms with E-state index in [0.29, 0.717) is 19.3 Å². The van der Waals surface area contributed by atoms with Gasteiger partial charge < -0.3 is 9.30 Å². The number of ether oxygens (including phenoxy) is 1. The van der Waals surface area contributed by atoms with Crippen molar-refractivity contribution in [3.8, 4) is 0 Å². The first-order chi connectivity index (χ1) is 12.7. The van der Waals surface area contributed by atoms with Crippen LogP contribution in [0.25, 0.3) is 0 Å². The first-order valence-electron chi connectivity index (χ1n) is 8.89. The van der Waals surface area contributed by atoms with Crippen LogP contribution in [0.4, 0.5) is 0 Å². The highest BCUT2D eigenvalue weighted by Gasteiger charge is 2.29. The molecule has 1 aliphatic rings. The normalized spacial score (nSPS) is 17.4. The fourth-order valence-corrected chi connectivity index (χ4v) is 3.48. The number of aromatic nitrogens is 5. The summed E-state index contributed by atoms with van der Waals surface area (Å²) in [6.45, 7) is 4.89. The number of fused-ring (bicyclic) bond motifs is 1. The molecule has 0 radical (unpaired) electrons. The second-order valence-corrected chi connectivity index (χ2v) is 6.93. The first kappa shape index (κ1) is 16.9. The highest BCUT2D eigenvalue weighted by molar-refractivity contribution is 5.19. The van der Waals surface area contributed by atoms with E-state index < -0.39 is 0 Å². The van der Waals surface area contributed by atoms with E-state index in [0.717, 1.165) is 42.2 Å². The molecule has 0 aliphatic carbocycles. The van der Waals surface area contributed by atoms with E-state index in [1.54, 1.807) is 6.20 Å². The van der Waals surface area contributed by atoms with E-state index in [1.165, 1.54) is 5.69 Å². The Balaban J connectivity index is 1.46. The van der Waals surface area contributed by atoms with Crippen LogP contribution in [0.5, 0.6) is 0 Å². The lowest BCUT2D eigenvalue weighted by atomic mass is 10.0. The summed E-state index contributed by atoms with van der Waals surface area (Å²) < 4.78 is 8.15. The Hall–Kier alpha value is -2.51. The highest BCUT2D eigenvalue weighted by Crippen LogP contribution is 2.24. The molecule has 0 bridgehead atoms. The first-order valence-corrected chi connectivity index (χ1v) is 8.89. The highest BCUT2D eigenvalue weighted by atomic mass is 16.5. The van der Waals surface area contributed by atoms with Gasteiger partial charge in [-0.05, 0) is 24.6 Å². The van der Waals surface area contributed by atoms with E-state index in [1.807, 2.05) is 31.6 Å². The predicted octanol–water partition coefficient (Wildman–Crippen LogP) is 1.99. The molecule has 7 heteroatoms. The van der Waals surface area contributed by atoms with E-state index in [4.69, 9.17) is 4.74 Å². The quantitative estimate of drug-likeness (QED) is 0.735. The van der Waals surface area contributed by atoms with Gasteiger partial charge in [0, 0.05) is 56.4 Å². The van der Waals surface area contributed by atoms with Gasteiger partial charge >= 0.3 is 0 Å². The van der Waals surface area contributed by atoms with Crippen molar-refractivity contribution < 1.29 is 4.74 Å². The minimum Gasteiger partial charge on any atom is -0.375 e. The third-order valence-electron chi connectivity index (χ3n) is 4.87. The molecule has 4 heterocycles. The van der Waals surface area contributed by atoms with Gasteiger partial charge in [0.05, 0.1) is 30.9 Å². The van der Waals surface area contributed by atoms with Gasteiger partial charge in [0.2, 0.25) is 0 Å². The van der Waals surface area contributed by atoms with E-state index in [-0.39, 0.29) is 0 Å². The van der Waals surface area contributed by atoms with Crippen molar-refractivity contribution in [3.63, 3.8) is 0 Å². The number of hydrogen-bond donors (Lipinski definition) is 1. The number of hydrogen-bond acceptors (Lipinski definition) is 5. The maximum absolute atomic E-state index is 6.02. The minimum atomic E-state index is 0.298. The molecule has 0 amide bonds. The molecule has 1 aliphatic heterocycles. The molecule has 4 rings (SSSR count). The molecule has 3 aromatic rings. The average Bonchev–Trinajstić information content (AvgIpc) is 3.22. The van der Waals surface area contributed by atoms with Crippen molar-refractivity contribution >= 4 is 0 Å². The summed E-state index contributed by atoms with van der Waals surface area (Å²) in [5.41, 5.74) is 5.69. The summed E-state index contributed by atoms with van der Waals surface area (Å²) in [7, 11) is 2.06. The van der Waals surface area contributed by atoms with Crippen molar-refractivity contribution in [3.05, 3.63) is 65.3 Å². The van der Waals surface area contributed by atoms with Crippen LogP contribution in [0.1, 0.15) is 28.3 Å². The van der Waals surface area contributed by atoms with Gasteiger partial charge in [-0.15, -0.1) is 0 Å². The molecular formula is C19H24N6O. The SMILES string of the molecule is Cc1cc(CN2Cc3ncn(C)c3C[C@H]2COCc2cccnc2)n[nH]1. The number of nitrogens with one attached hydrogen (secondary N) is 1. The van der Waals surface area contributed by atoms with Gasteiger partial charge in [-0.3, -0.25) is 15.0 Å². The molecule has 26 heavy (non-hydrogen) atoms. The van der Waals surface area contributed by atoms with E-state index >= 15 is 0 Å². The summed E-state index contributed by atoms with van der Waals surface area (Å²) in [4.78, 5) is 11.1. The zero-order valence-corrected chi connectivity index (χ0v) is 15.2. The third kappa shape index (κ3) is 3.68. The Morgan fingerprint density at radius 1 is 1.38 bits per heavy atom. The second kappa shape index (κ2) is 7.39. The smallest absolute Gasteiger partial charge is 0.0949 e. The monoisotopic (exact) mass is 352 g/mol. The van der Waals surface area contributed by atoms with Crippen LogP contribution in [0, 0.1) is 6.92 Å². The Morgan fingerprint density at radius 3 is 3.08 bits per heavy atom. The van der Waals surface area contributed by atoms with Gasteiger partial charge in [0.1, 0.15) is 0 Å². The maximum atomic E-state index is 6.02. The predicted molar refractivity (Wildman–Crippen MR) is 97.2 cm³/mol. The molecule has 0 unspecified atom stereocenters. The third-order valence-corrected chi connectivity index (χ3v) is 4.87. The Morgan fingerprint density at radius 2 is 2.31 bits per heavy atom. The van der Waals surface area contributed by atoms with Crippen LogP contribution in [-0.2, 0) is 37.9 Å². The Kier molecular flexibility index (Phi) is 4.81. The van der Waals surface area contributed by atoms with Crippen molar-refractivity contribution in [1.82, 2.24) is 29.6 Å². The van der Waals surface area contributed by atoms with Crippen molar-refractivity contribution in [2.45, 2.75) is 39.1 Å². The largest absolute Gasteiger partial charge is 0.375 e. The molecule has 1 atom stereocenters. The molecule has 0 aromatic carbocycles. The fourth-order valence-electron chi connectivity index (χ4n) is 3.48. The molecule has 136 valence electrons. The van der Waals surface area contributed by atoms with E-state index in [9.17, 15) is 0 Å². The number of H-pyrrole nitrogens is 1.